The predicted molar refractivity (Wildman–Crippen MR) is 71.7 cm³/mol. The molecule has 3 atom stereocenters. The highest BCUT2D eigenvalue weighted by Gasteiger charge is 2.40. The van der Waals surface area contributed by atoms with E-state index in [1.807, 2.05) is 18.2 Å². The van der Waals surface area contributed by atoms with E-state index in [1.54, 1.807) is 0 Å². The van der Waals surface area contributed by atoms with E-state index in [1.165, 1.54) is 12.8 Å². The average molecular weight is 241 g/mol. The van der Waals surface area contributed by atoms with E-state index >= 15 is 0 Å². The van der Waals surface area contributed by atoms with Crippen LogP contribution in [0.2, 0.25) is 0 Å². The SMILES string of the molecule is O=c1[nH]c2ccc(NC3CC4CC=CC43)cc2[nH]1. The van der Waals surface area contributed by atoms with Gasteiger partial charge in [-0.25, -0.2) is 4.79 Å². The second-order valence-corrected chi connectivity index (χ2v) is 5.33. The summed E-state index contributed by atoms with van der Waals surface area (Å²) >= 11 is 0. The number of benzene rings is 1. The number of aromatic amines is 2. The molecule has 1 heterocycles. The van der Waals surface area contributed by atoms with Crippen molar-refractivity contribution < 1.29 is 0 Å². The van der Waals surface area contributed by atoms with Crippen molar-refractivity contribution in [2.24, 2.45) is 11.8 Å². The first kappa shape index (κ1) is 10.00. The van der Waals surface area contributed by atoms with Crippen LogP contribution in [0.4, 0.5) is 5.69 Å². The summed E-state index contributed by atoms with van der Waals surface area (Å²) in [6.45, 7) is 0. The maximum Gasteiger partial charge on any atom is 0.323 e. The van der Waals surface area contributed by atoms with Gasteiger partial charge in [0.05, 0.1) is 11.0 Å². The lowest BCUT2D eigenvalue weighted by molar-refractivity contribution is 0.218. The first-order chi connectivity index (χ1) is 8.79. The molecule has 0 bridgehead atoms. The molecular weight excluding hydrogens is 226 g/mol. The summed E-state index contributed by atoms with van der Waals surface area (Å²) in [6.07, 6.45) is 7.12. The van der Waals surface area contributed by atoms with Gasteiger partial charge in [0.25, 0.3) is 0 Å². The highest BCUT2D eigenvalue weighted by molar-refractivity contribution is 5.78. The minimum atomic E-state index is -0.149. The molecule has 0 amide bonds. The van der Waals surface area contributed by atoms with Crippen LogP contribution in [0.1, 0.15) is 12.8 Å². The van der Waals surface area contributed by atoms with Crippen molar-refractivity contribution in [2.75, 3.05) is 5.32 Å². The Bertz CT molecular complexity index is 682. The summed E-state index contributed by atoms with van der Waals surface area (Å²) in [5.41, 5.74) is 2.66. The molecule has 1 saturated carbocycles. The molecule has 4 rings (SSSR count). The molecule has 4 heteroatoms. The fraction of sp³-hybridized carbons (Fsp3) is 0.357. The van der Waals surface area contributed by atoms with Crippen molar-refractivity contribution in [1.82, 2.24) is 9.97 Å². The Hall–Kier alpha value is -1.97. The average Bonchev–Trinajstić information content (AvgIpc) is 2.87. The molecule has 4 nitrogen and oxygen atoms in total. The fourth-order valence-electron chi connectivity index (χ4n) is 3.22. The summed E-state index contributed by atoms with van der Waals surface area (Å²) < 4.78 is 0. The fourth-order valence-corrected chi connectivity index (χ4v) is 3.22. The molecule has 2 aromatic rings. The van der Waals surface area contributed by atoms with Gasteiger partial charge in [0.15, 0.2) is 0 Å². The van der Waals surface area contributed by atoms with E-state index in [2.05, 4.69) is 27.4 Å². The van der Waals surface area contributed by atoms with Crippen LogP contribution in [0.5, 0.6) is 0 Å². The molecule has 2 aliphatic rings. The quantitative estimate of drug-likeness (QED) is 0.706. The predicted octanol–water partition coefficient (Wildman–Crippen LogP) is 2.23. The summed E-state index contributed by atoms with van der Waals surface area (Å²) in [7, 11) is 0. The Kier molecular flexibility index (Phi) is 1.95. The minimum absolute atomic E-state index is 0.149. The summed E-state index contributed by atoms with van der Waals surface area (Å²) in [4.78, 5) is 16.7. The molecule has 2 aliphatic carbocycles. The largest absolute Gasteiger partial charge is 0.382 e. The molecule has 0 saturated heterocycles. The third kappa shape index (κ3) is 1.41. The van der Waals surface area contributed by atoms with Crippen LogP contribution in [-0.2, 0) is 0 Å². The number of rotatable bonds is 2. The van der Waals surface area contributed by atoms with Crippen LogP contribution >= 0.6 is 0 Å². The third-order valence-corrected chi connectivity index (χ3v) is 4.23. The maximum absolute atomic E-state index is 11.2. The van der Waals surface area contributed by atoms with Gasteiger partial charge in [-0.15, -0.1) is 0 Å². The Balaban J connectivity index is 1.59. The van der Waals surface area contributed by atoms with Crippen molar-refractivity contribution in [3.05, 3.63) is 40.8 Å². The van der Waals surface area contributed by atoms with E-state index < -0.39 is 0 Å². The molecule has 3 unspecified atom stereocenters. The second kappa shape index (κ2) is 3.51. The van der Waals surface area contributed by atoms with Crippen LogP contribution in [0.15, 0.2) is 35.1 Å². The van der Waals surface area contributed by atoms with Crippen molar-refractivity contribution in [1.29, 1.82) is 0 Å². The summed E-state index contributed by atoms with van der Waals surface area (Å²) in [5, 5.41) is 3.56. The van der Waals surface area contributed by atoms with Gasteiger partial charge in [-0.1, -0.05) is 12.2 Å². The lowest BCUT2D eigenvalue weighted by Gasteiger charge is -2.41. The molecular formula is C14H15N3O. The van der Waals surface area contributed by atoms with E-state index in [-0.39, 0.29) is 5.69 Å². The molecule has 92 valence electrons. The first-order valence-corrected chi connectivity index (χ1v) is 6.45. The summed E-state index contributed by atoms with van der Waals surface area (Å²) in [6, 6.07) is 6.52. The number of hydrogen-bond donors (Lipinski definition) is 3. The summed E-state index contributed by atoms with van der Waals surface area (Å²) in [5.74, 6) is 1.56. The normalized spacial score (nSPS) is 29.2. The van der Waals surface area contributed by atoms with Gasteiger partial charge in [0.1, 0.15) is 0 Å². The monoisotopic (exact) mass is 241 g/mol. The number of H-pyrrole nitrogens is 2. The number of nitrogens with one attached hydrogen (secondary N) is 3. The second-order valence-electron chi connectivity index (χ2n) is 5.33. The minimum Gasteiger partial charge on any atom is -0.382 e. The number of fused-ring (bicyclic) bond motifs is 2. The first-order valence-electron chi connectivity index (χ1n) is 6.45. The van der Waals surface area contributed by atoms with E-state index in [9.17, 15) is 4.79 Å². The standard InChI is InChI=1S/C14H15N3O/c18-14-16-11-5-4-9(7-13(11)17-14)15-12-6-8-2-1-3-10(8)12/h1,3-5,7-8,10,12,15H,2,6H2,(H2,16,17,18). The molecule has 1 aromatic heterocycles. The number of allylic oxidation sites excluding steroid dienone is 1. The maximum atomic E-state index is 11.2. The van der Waals surface area contributed by atoms with Crippen molar-refractivity contribution in [3.63, 3.8) is 0 Å². The van der Waals surface area contributed by atoms with E-state index in [0.717, 1.165) is 22.6 Å². The lowest BCUT2D eigenvalue weighted by Crippen LogP contribution is -2.43. The lowest BCUT2D eigenvalue weighted by atomic mass is 9.71. The van der Waals surface area contributed by atoms with Gasteiger partial charge in [0, 0.05) is 17.6 Å². The Morgan fingerprint density at radius 3 is 3.00 bits per heavy atom. The van der Waals surface area contributed by atoms with Gasteiger partial charge in [-0.2, -0.15) is 0 Å². The molecule has 18 heavy (non-hydrogen) atoms. The zero-order chi connectivity index (χ0) is 12.1. The molecule has 1 fully saturated rings. The Morgan fingerprint density at radius 2 is 2.11 bits per heavy atom. The smallest absolute Gasteiger partial charge is 0.323 e. The highest BCUT2D eigenvalue weighted by atomic mass is 16.1. The molecule has 0 aliphatic heterocycles. The van der Waals surface area contributed by atoms with Crippen LogP contribution < -0.4 is 11.0 Å². The zero-order valence-corrected chi connectivity index (χ0v) is 9.94. The topological polar surface area (TPSA) is 60.7 Å². The van der Waals surface area contributed by atoms with Gasteiger partial charge < -0.3 is 15.3 Å². The number of imidazole rings is 1. The van der Waals surface area contributed by atoms with Crippen LogP contribution in [0, 0.1) is 11.8 Å². The van der Waals surface area contributed by atoms with E-state index in [0.29, 0.717) is 12.0 Å². The molecule has 1 aromatic carbocycles. The van der Waals surface area contributed by atoms with Crippen molar-refractivity contribution >= 4 is 16.7 Å². The van der Waals surface area contributed by atoms with Gasteiger partial charge >= 0.3 is 5.69 Å². The van der Waals surface area contributed by atoms with Crippen LogP contribution in [0.3, 0.4) is 0 Å². The van der Waals surface area contributed by atoms with Crippen LogP contribution in [0.25, 0.3) is 11.0 Å². The number of aromatic nitrogens is 2. The highest BCUT2D eigenvalue weighted by Crippen LogP contribution is 2.44. The van der Waals surface area contributed by atoms with Crippen LogP contribution in [-0.4, -0.2) is 16.0 Å². The Labute approximate surface area is 104 Å². The van der Waals surface area contributed by atoms with E-state index in [4.69, 9.17) is 0 Å². The van der Waals surface area contributed by atoms with Gasteiger partial charge in [0.2, 0.25) is 0 Å². The van der Waals surface area contributed by atoms with Gasteiger partial charge in [-0.3, -0.25) is 0 Å². The third-order valence-electron chi connectivity index (χ3n) is 4.23. The van der Waals surface area contributed by atoms with Crippen molar-refractivity contribution in [2.45, 2.75) is 18.9 Å². The zero-order valence-electron chi connectivity index (χ0n) is 9.94. The van der Waals surface area contributed by atoms with Gasteiger partial charge in [-0.05, 0) is 37.0 Å². The van der Waals surface area contributed by atoms with Crippen molar-refractivity contribution in [3.8, 4) is 0 Å². The molecule has 0 spiro atoms. The Morgan fingerprint density at radius 1 is 1.22 bits per heavy atom. The molecule has 3 N–H and O–H groups in total. The molecule has 0 radical (unpaired) electrons. The number of anilines is 1. The number of hydrogen-bond acceptors (Lipinski definition) is 2.